The maximum Gasteiger partial charge on any atom is 0.0825 e. The summed E-state index contributed by atoms with van der Waals surface area (Å²) in [5.41, 5.74) is 0.718. The van der Waals surface area contributed by atoms with E-state index in [1.165, 1.54) is 0 Å². The van der Waals surface area contributed by atoms with Crippen molar-refractivity contribution < 1.29 is 0 Å². The molecule has 1 aliphatic carbocycles. The molecule has 3 heteroatoms. The molecule has 0 aliphatic heterocycles. The molecule has 62 valence electrons. The van der Waals surface area contributed by atoms with Crippen LogP contribution in [0.1, 0.15) is 19.8 Å². The molecule has 0 amide bonds. The minimum absolute atomic E-state index is 0.438. The van der Waals surface area contributed by atoms with Gasteiger partial charge in [-0.25, -0.2) is 0 Å². The highest BCUT2D eigenvalue weighted by Crippen LogP contribution is 2.22. The molecular weight excluding hydrogens is 140 g/mol. The van der Waals surface area contributed by atoms with Crippen LogP contribution in [0.25, 0.3) is 0 Å². The summed E-state index contributed by atoms with van der Waals surface area (Å²) in [4.78, 5) is 12.3. The Labute approximate surface area is 67.1 Å². The fourth-order valence-corrected chi connectivity index (χ4v) is 1.34. The number of nitroso groups, excluding NO2 is 1. The van der Waals surface area contributed by atoms with Gasteiger partial charge < -0.3 is 4.90 Å². The molecule has 0 fully saturated rings. The predicted octanol–water partition coefficient (Wildman–Crippen LogP) is 1.75. The molecule has 0 saturated heterocycles. The first-order valence-corrected chi connectivity index (χ1v) is 4.02. The van der Waals surface area contributed by atoms with E-state index in [4.69, 9.17) is 0 Å². The summed E-state index contributed by atoms with van der Waals surface area (Å²) in [6, 6.07) is 0.438. The van der Waals surface area contributed by atoms with Crippen molar-refractivity contribution in [3.63, 3.8) is 0 Å². The summed E-state index contributed by atoms with van der Waals surface area (Å²) in [5, 5.41) is 2.94. The lowest BCUT2D eigenvalue weighted by molar-refractivity contribution is 0.294. The Morgan fingerprint density at radius 1 is 1.82 bits per heavy atom. The normalized spacial score (nSPS) is 23.9. The quantitative estimate of drug-likeness (QED) is 0.580. The molecule has 0 heterocycles. The van der Waals surface area contributed by atoms with Gasteiger partial charge in [-0.15, -0.1) is 4.91 Å². The van der Waals surface area contributed by atoms with Gasteiger partial charge in [0.05, 0.1) is 5.70 Å². The molecule has 1 rings (SSSR count). The summed E-state index contributed by atoms with van der Waals surface area (Å²) >= 11 is 0. The number of allylic oxidation sites excluding steroid dienone is 1. The van der Waals surface area contributed by atoms with Gasteiger partial charge in [0, 0.05) is 6.04 Å². The van der Waals surface area contributed by atoms with Crippen molar-refractivity contribution in [2.24, 2.45) is 5.18 Å². The van der Waals surface area contributed by atoms with E-state index in [1.807, 2.05) is 6.08 Å². The van der Waals surface area contributed by atoms with Gasteiger partial charge in [0.25, 0.3) is 0 Å². The topological polar surface area (TPSA) is 32.7 Å². The molecule has 1 aliphatic rings. The van der Waals surface area contributed by atoms with E-state index >= 15 is 0 Å². The molecule has 0 bridgehead atoms. The molecule has 1 unspecified atom stereocenters. The Bertz CT molecular complexity index is 177. The van der Waals surface area contributed by atoms with Gasteiger partial charge in [0.1, 0.15) is 0 Å². The second kappa shape index (κ2) is 3.62. The first-order valence-electron chi connectivity index (χ1n) is 4.02. The van der Waals surface area contributed by atoms with Crippen LogP contribution in [0, 0.1) is 4.91 Å². The van der Waals surface area contributed by atoms with E-state index in [0.717, 1.165) is 25.1 Å². The Morgan fingerprint density at radius 3 is 3.00 bits per heavy atom. The van der Waals surface area contributed by atoms with Gasteiger partial charge in [-0.2, -0.15) is 0 Å². The Morgan fingerprint density at radius 2 is 2.55 bits per heavy atom. The second-order valence-corrected chi connectivity index (χ2v) is 2.93. The van der Waals surface area contributed by atoms with E-state index in [-0.39, 0.29) is 0 Å². The van der Waals surface area contributed by atoms with Crippen LogP contribution in [0.5, 0.6) is 0 Å². The van der Waals surface area contributed by atoms with Crippen LogP contribution in [0.4, 0.5) is 0 Å². The number of hydrogen-bond acceptors (Lipinski definition) is 3. The molecule has 0 saturated carbocycles. The van der Waals surface area contributed by atoms with Gasteiger partial charge in [-0.1, -0.05) is 6.92 Å². The maximum atomic E-state index is 10.1. The van der Waals surface area contributed by atoms with Crippen LogP contribution in [0.2, 0.25) is 0 Å². The largest absolute Gasteiger partial charge is 0.300 e. The number of rotatable bonds is 3. The van der Waals surface area contributed by atoms with Gasteiger partial charge in [-0.05, 0) is 37.7 Å². The molecule has 1 atom stereocenters. The van der Waals surface area contributed by atoms with Gasteiger partial charge in [0.2, 0.25) is 0 Å². The Balaban J connectivity index is 2.51. The Kier molecular flexibility index (Phi) is 2.76. The molecule has 0 spiro atoms. The van der Waals surface area contributed by atoms with Gasteiger partial charge >= 0.3 is 0 Å². The number of likely N-dealkylation sites (N-methyl/N-ethyl adjacent to an activating group) is 1. The SMILES string of the molecule is CCN(C)C1C=C(N=O)CC1. The summed E-state index contributed by atoms with van der Waals surface area (Å²) in [5.74, 6) is 0. The third kappa shape index (κ3) is 1.87. The highest BCUT2D eigenvalue weighted by Gasteiger charge is 2.18. The lowest BCUT2D eigenvalue weighted by Gasteiger charge is -2.19. The number of nitrogens with zero attached hydrogens (tertiary/aromatic N) is 2. The average Bonchev–Trinajstić information content (AvgIpc) is 2.50. The van der Waals surface area contributed by atoms with Crippen molar-refractivity contribution in [2.45, 2.75) is 25.8 Å². The van der Waals surface area contributed by atoms with Crippen LogP contribution in [-0.2, 0) is 0 Å². The molecule has 0 aromatic carbocycles. The van der Waals surface area contributed by atoms with E-state index in [9.17, 15) is 4.91 Å². The van der Waals surface area contributed by atoms with Crippen LogP contribution in [-0.4, -0.2) is 24.5 Å². The highest BCUT2D eigenvalue weighted by atomic mass is 16.3. The van der Waals surface area contributed by atoms with Crippen molar-refractivity contribution in [1.29, 1.82) is 0 Å². The van der Waals surface area contributed by atoms with Crippen molar-refractivity contribution >= 4 is 0 Å². The lowest BCUT2D eigenvalue weighted by Crippen LogP contribution is -2.27. The van der Waals surface area contributed by atoms with Crippen molar-refractivity contribution in [3.05, 3.63) is 16.7 Å². The predicted molar refractivity (Wildman–Crippen MR) is 45.2 cm³/mol. The zero-order chi connectivity index (χ0) is 8.27. The molecule has 0 aromatic rings. The smallest absolute Gasteiger partial charge is 0.0825 e. The first-order chi connectivity index (χ1) is 5.27. The van der Waals surface area contributed by atoms with Gasteiger partial charge in [0.15, 0.2) is 0 Å². The number of hydrogen-bond donors (Lipinski definition) is 0. The van der Waals surface area contributed by atoms with Crippen molar-refractivity contribution in [3.8, 4) is 0 Å². The summed E-state index contributed by atoms with van der Waals surface area (Å²) in [6.07, 6.45) is 3.86. The monoisotopic (exact) mass is 154 g/mol. The maximum absolute atomic E-state index is 10.1. The van der Waals surface area contributed by atoms with E-state index in [0.29, 0.717) is 6.04 Å². The molecule has 0 radical (unpaired) electrons. The third-order valence-corrected chi connectivity index (χ3v) is 2.26. The molecule has 0 N–H and O–H groups in total. The minimum Gasteiger partial charge on any atom is -0.300 e. The lowest BCUT2D eigenvalue weighted by atomic mass is 10.2. The van der Waals surface area contributed by atoms with Crippen LogP contribution in [0.3, 0.4) is 0 Å². The fraction of sp³-hybridized carbons (Fsp3) is 0.750. The summed E-state index contributed by atoms with van der Waals surface area (Å²) in [7, 11) is 2.06. The van der Waals surface area contributed by atoms with Gasteiger partial charge in [-0.3, -0.25) is 0 Å². The van der Waals surface area contributed by atoms with E-state index < -0.39 is 0 Å². The highest BCUT2D eigenvalue weighted by molar-refractivity contribution is 5.12. The van der Waals surface area contributed by atoms with Crippen LogP contribution >= 0.6 is 0 Å². The fourth-order valence-electron chi connectivity index (χ4n) is 1.34. The summed E-state index contributed by atoms with van der Waals surface area (Å²) < 4.78 is 0. The average molecular weight is 154 g/mol. The molecule has 11 heavy (non-hydrogen) atoms. The molecule has 3 nitrogen and oxygen atoms in total. The molecule has 0 aromatic heterocycles. The zero-order valence-electron chi connectivity index (χ0n) is 7.08. The van der Waals surface area contributed by atoms with Crippen LogP contribution < -0.4 is 0 Å². The van der Waals surface area contributed by atoms with Crippen molar-refractivity contribution in [2.75, 3.05) is 13.6 Å². The summed E-state index contributed by atoms with van der Waals surface area (Å²) in [6.45, 7) is 3.13. The van der Waals surface area contributed by atoms with E-state index in [2.05, 4.69) is 24.0 Å². The molecular formula is C8H14N2O. The third-order valence-electron chi connectivity index (χ3n) is 2.26. The zero-order valence-corrected chi connectivity index (χ0v) is 7.08. The van der Waals surface area contributed by atoms with Crippen molar-refractivity contribution in [1.82, 2.24) is 4.90 Å². The van der Waals surface area contributed by atoms with Crippen LogP contribution in [0.15, 0.2) is 16.9 Å². The standard InChI is InChI=1S/C8H14N2O/c1-3-10(2)8-5-4-7(6-8)9-11/h6,8H,3-5H2,1-2H3. The Hall–Kier alpha value is -0.700. The second-order valence-electron chi connectivity index (χ2n) is 2.93. The minimum atomic E-state index is 0.438. The van der Waals surface area contributed by atoms with E-state index in [1.54, 1.807) is 0 Å². The first kappa shape index (κ1) is 8.40.